The highest BCUT2D eigenvalue weighted by Gasteiger charge is 2.26. The van der Waals surface area contributed by atoms with E-state index in [1.807, 2.05) is 38.1 Å². The van der Waals surface area contributed by atoms with E-state index >= 15 is 0 Å². The Balaban J connectivity index is 1.80. The number of ether oxygens (including phenoxy) is 1. The summed E-state index contributed by atoms with van der Waals surface area (Å²) in [6, 6.07) is 1.81. The zero-order valence-corrected chi connectivity index (χ0v) is 13.3. The summed E-state index contributed by atoms with van der Waals surface area (Å²) in [6.07, 6.45) is 1.83. The van der Waals surface area contributed by atoms with Crippen LogP contribution in [0.15, 0.2) is 16.8 Å². The van der Waals surface area contributed by atoms with Gasteiger partial charge in [0.05, 0.1) is 36.4 Å². The minimum Gasteiger partial charge on any atom is -0.466 e. The topological polar surface area (TPSA) is 60.5 Å². The van der Waals surface area contributed by atoms with Crippen LogP contribution in [0.25, 0.3) is 0 Å². The van der Waals surface area contributed by atoms with Crippen LogP contribution in [0.1, 0.15) is 40.2 Å². The van der Waals surface area contributed by atoms with Crippen molar-refractivity contribution in [3.8, 4) is 0 Å². The molecule has 0 saturated heterocycles. The Morgan fingerprint density at radius 2 is 2.23 bits per heavy atom. The number of nitrogens with zero attached hydrogens (tertiary/aromatic N) is 3. The summed E-state index contributed by atoms with van der Waals surface area (Å²) in [6.45, 7) is 8.79. The fourth-order valence-electron chi connectivity index (χ4n) is 2.82. The summed E-state index contributed by atoms with van der Waals surface area (Å²) in [5.74, 6) is 1.46. The van der Waals surface area contributed by atoms with Crippen LogP contribution < -0.4 is 0 Å². The lowest BCUT2D eigenvalue weighted by Gasteiger charge is -2.28. The van der Waals surface area contributed by atoms with E-state index in [9.17, 15) is 4.79 Å². The van der Waals surface area contributed by atoms with E-state index < -0.39 is 0 Å². The van der Waals surface area contributed by atoms with Gasteiger partial charge < -0.3 is 18.6 Å². The molecule has 0 spiro atoms. The number of imidazole rings is 1. The highest BCUT2D eigenvalue weighted by atomic mass is 16.5. The molecule has 2 aromatic heterocycles. The van der Waals surface area contributed by atoms with Crippen molar-refractivity contribution < 1.29 is 13.9 Å². The van der Waals surface area contributed by atoms with Crippen molar-refractivity contribution in [2.45, 2.75) is 40.5 Å². The predicted octanol–water partition coefficient (Wildman–Crippen LogP) is 2.29. The van der Waals surface area contributed by atoms with Gasteiger partial charge in [0.2, 0.25) is 0 Å². The zero-order valence-electron chi connectivity index (χ0n) is 13.3. The maximum Gasteiger partial charge on any atom is 0.257 e. The number of hydrogen-bond donors (Lipinski definition) is 0. The first kappa shape index (κ1) is 14.8. The molecule has 0 bridgehead atoms. The maximum atomic E-state index is 12.7. The lowest BCUT2D eigenvalue weighted by Crippen LogP contribution is -2.38. The van der Waals surface area contributed by atoms with Gasteiger partial charge in [-0.25, -0.2) is 4.98 Å². The number of carbonyl (C=O) groups excluding carboxylic acids is 1. The van der Waals surface area contributed by atoms with E-state index in [-0.39, 0.29) is 5.91 Å². The summed E-state index contributed by atoms with van der Waals surface area (Å²) >= 11 is 0. The predicted molar refractivity (Wildman–Crippen MR) is 80.5 cm³/mol. The Morgan fingerprint density at radius 1 is 1.41 bits per heavy atom. The van der Waals surface area contributed by atoms with Crippen LogP contribution in [-0.4, -0.2) is 33.5 Å². The molecule has 22 heavy (non-hydrogen) atoms. The minimum atomic E-state index is 0.0177. The molecule has 2 aromatic rings. The number of amides is 1. The first-order chi connectivity index (χ1) is 10.6. The van der Waals surface area contributed by atoms with Gasteiger partial charge in [-0.15, -0.1) is 0 Å². The second-order valence-electron chi connectivity index (χ2n) is 5.52. The third-order valence-electron chi connectivity index (χ3n) is 3.99. The molecule has 1 aliphatic heterocycles. The van der Waals surface area contributed by atoms with Crippen molar-refractivity contribution in [2.75, 3.05) is 13.2 Å². The van der Waals surface area contributed by atoms with Crippen LogP contribution in [-0.2, 0) is 24.4 Å². The summed E-state index contributed by atoms with van der Waals surface area (Å²) < 4.78 is 13.0. The van der Waals surface area contributed by atoms with Gasteiger partial charge in [0.15, 0.2) is 0 Å². The van der Waals surface area contributed by atoms with Crippen LogP contribution in [0, 0.1) is 13.8 Å². The average Bonchev–Trinajstić information content (AvgIpc) is 3.06. The number of hydrogen-bond acceptors (Lipinski definition) is 4. The second kappa shape index (κ2) is 5.96. The molecule has 1 aliphatic rings. The van der Waals surface area contributed by atoms with Crippen LogP contribution in [0.3, 0.4) is 0 Å². The molecular weight excluding hydrogens is 282 g/mol. The molecule has 0 N–H and O–H groups in total. The first-order valence-electron chi connectivity index (χ1n) is 7.57. The summed E-state index contributed by atoms with van der Waals surface area (Å²) in [5, 5.41) is 0. The molecular formula is C16H21N3O3. The zero-order chi connectivity index (χ0) is 15.7. The van der Waals surface area contributed by atoms with Crippen molar-refractivity contribution in [3.63, 3.8) is 0 Å². The standard InChI is InChI=1S/C16H21N3O3/c1-4-21-9-14-15-8-18(5-6-19(15)10-17-14)16(20)13-7-11(2)22-12(13)3/h7,10H,4-6,8-9H2,1-3H3. The molecule has 0 saturated carbocycles. The van der Waals surface area contributed by atoms with Gasteiger partial charge in [0.1, 0.15) is 11.5 Å². The number of rotatable bonds is 4. The van der Waals surface area contributed by atoms with Gasteiger partial charge >= 0.3 is 0 Å². The monoisotopic (exact) mass is 303 g/mol. The third-order valence-corrected chi connectivity index (χ3v) is 3.99. The van der Waals surface area contributed by atoms with E-state index in [0.29, 0.717) is 37.6 Å². The van der Waals surface area contributed by atoms with E-state index in [1.165, 1.54) is 0 Å². The minimum absolute atomic E-state index is 0.0177. The van der Waals surface area contributed by atoms with Crippen molar-refractivity contribution in [1.29, 1.82) is 0 Å². The Hall–Kier alpha value is -2.08. The Kier molecular flexibility index (Phi) is 4.02. The Bertz CT molecular complexity index is 687. The molecule has 1 amide bonds. The largest absolute Gasteiger partial charge is 0.466 e. The SMILES string of the molecule is CCOCc1ncn2c1CN(C(=O)c1cc(C)oc1C)CC2. The average molecular weight is 303 g/mol. The number of aromatic nitrogens is 2. The first-order valence-corrected chi connectivity index (χ1v) is 7.57. The van der Waals surface area contributed by atoms with Crippen LogP contribution in [0.4, 0.5) is 0 Å². The van der Waals surface area contributed by atoms with E-state index in [1.54, 1.807) is 0 Å². The molecule has 118 valence electrons. The van der Waals surface area contributed by atoms with Crippen LogP contribution >= 0.6 is 0 Å². The Labute approximate surface area is 129 Å². The smallest absolute Gasteiger partial charge is 0.257 e. The maximum absolute atomic E-state index is 12.7. The molecule has 0 radical (unpaired) electrons. The molecule has 0 unspecified atom stereocenters. The molecule has 0 atom stereocenters. The fraction of sp³-hybridized carbons (Fsp3) is 0.500. The van der Waals surface area contributed by atoms with Crippen LogP contribution in [0.5, 0.6) is 0 Å². The molecule has 3 heterocycles. The number of furan rings is 1. The van der Waals surface area contributed by atoms with Crippen molar-refractivity contribution in [1.82, 2.24) is 14.5 Å². The Morgan fingerprint density at radius 3 is 2.91 bits per heavy atom. The van der Waals surface area contributed by atoms with Gasteiger partial charge in [0.25, 0.3) is 5.91 Å². The molecule has 0 fully saturated rings. The van der Waals surface area contributed by atoms with Crippen molar-refractivity contribution in [3.05, 3.63) is 40.9 Å². The van der Waals surface area contributed by atoms with Gasteiger partial charge in [0, 0.05) is 19.7 Å². The van der Waals surface area contributed by atoms with E-state index in [0.717, 1.165) is 23.7 Å². The number of carbonyl (C=O) groups is 1. The summed E-state index contributed by atoms with van der Waals surface area (Å²) in [7, 11) is 0. The highest BCUT2D eigenvalue weighted by molar-refractivity contribution is 5.95. The molecule has 6 heteroatoms. The van der Waals surface area contributed by atoms with Gasteiger partial charge in [-0.05, 0) is 26.8 Å². The third kappa shape index (κ3) is 2.66. The second-order valence-corrected chi connectivity index (χ2v) is 5.52. The summed E-state index contributed by atoms with van der Waals surface area (Å²) in [4.78, 5) is 19.0. The molecule has 0 aliphatic carbocycles. The number of fused-ring (bicyclic) bond motifs is 1. The van der Waals surface area contributed by atoms with E-state index in [2.05, 4.69) is 9.55 Å². The van der Waals surface area contributed by atoms with Crippen molar-refractivity contribution in [2.24, 2.45) is 0 Å². The lowest BCUT2D eigenvalue weighted by molar-refractivity contribution is 0.0704. The van der Waals surface area contributed by atoms with Gasteiger partial charge in [-0.1, -0.05) is 0 Å². The molecule has 3 rings (SSSR count). The lowest BCUT2D eigenvalue weighted by atomic mass is 10.2. The molecule has 0 aromatic carbocycles. The van der Waals surface area contributed by atoms with Crippen LogP contribution in [0.2, 0.25) is 0 Å². The van der Waals surface area contributed by atoms with Gasteiger partial charge in [-0.2, -0.15) is 0 Å². The fourth-order valence-corrected chi connectivity index (χ4v) is 2.82. The van der Waals surface area contributed by atoms with E-state index in [4.69, 9.17) is 9.15 Å². The highest BCUT2D eigenvalue weighted by Crippen LogP contribution is 2.21. The normalized spacial score (nSPS) is 14.2. The quantitative estimate of drug-likeness (QED) is 0.869. The van der Waals surface area contributed by atoms with Gasteiger partial charge in [-0.3, -0.25) is 4.79 Å². The summed E-state index contributed by atoms with van der Waals surface area (Å²) in [5.41, 5.74) is 2.63. The number of aryl methyl sites for hydroxylation is 2. The molecule has 6 nitrogen and oxygen atoms in total. The van der Waals surface area contributed by atoms with Crippen molar-refractivity contribution >= 4 is 5.91 Å².